The zero-order valence-electron chi connectivity index (χ0n) is 21.0. The van der Waals surface area contributed by atoms with Gasteiger partial charge >= 0.3 is 0 Å². The number of likely N-dealkylation sites (N-methyl/N-ethyl adjacent to an activating group) is 1. The molecular weight excluding hydrogens is 459 g/mol. The van der Waals surface area contributed by atoms with E-state index in [0.29, 0.717) is 30.2 Å². The Morgan fingerprint density at radius 2 is 1.81 bits per heavy atom. The molecule has 8 heteroatoms. The van der Waals surface area contributed by atoms with Gasteiger partial charge in [0.05, 0.1) is 18.2 Å². The van der Waals surface area contributed by atoms with Crippen LogP contribution in [0.4, 0.5) is 10.3 Å². The van der Waals surface area contributed by atoms with E-state index in [9.17, 15) is 9.18 Å². The minimum atomic E-state index is -0.308. The number of benzene rings is 2. The van der Waals surface area contributed by atoms with Crippen molar-refractivity contribution in [2.24, 2.45) is 0 Å². The van der Waals surface area contributed by atoms with Crippen LogP contribution in [-0.4, -0.2) is 73.3 Å². The summed E-state index contributed by atoms with van der Waals surface area (Å²) in [5.74, 6) is 0.315. The number of hydrogen-bond acceptors (Lipinski definition) is 6. The first-order valence-corrected chi connectivity index (χ1v) is 12.6. The molecule has 0 aliphatic carbocycles. The van der Waals surface area contributed by atoms with Crippen LogP contribution in [-0.2, 0) is 11.3 Å². The van der Waals surface area contributed by atoms with Gasteiger partial charge in [0.1, 0.15) is 11.5 Å². The highest BCUT2D eigenvalue weighted by molar-refractivity contribution is 5.94. The van der Waals surface area contributed by atoms with Crippen LogP contribution in [0.2, 0.25) is 0 Å². The third-order valence-electron chi connectivity index (χ3n) is 7.06. The van der Waals surface area contributed by atoms with E-state index in [4.69, 9.17) is 9.26 Å². The van der Waals surface area contributed by atoms with Crippen molar-refractivity contribution in [3.05, 3.63) is 71.0 Å². The lowest BCUT2D eigenvalue weighted by atomic mass is 10.0. The molecular formula is C28H33FN4O3. The number of carbonyl (C=O) groups excluding carboxylic acids is 1. The average Bonchev–Trinajstić information content (AvgIpc) is 3.55. The molecule has 0 bridgehead atoms. The van der Waals surface area contributed by atoms with Crippen molar-refractivity contribution in [2.45, 2.75) is 32.4 Å². The molecule has 3 heterocycles. The molecule has 190 valence electrons. The third-order valence-corrected chi connectivity index (χ3v) is 7.06. The van der Waals surface area contributed by atoms with Crippen molar-refractivity contribution < 1.29 is 18.4 Å². The molecule has 36 heavy (non-hydrogen) atoms. The summed E-state index contributed by atoms with van der Waals surface area (Å²) in [6.07, 6.45) is 1.93. The Morgan fingerprint density at radius 3 is 2.47 bits per heavy atom. The molecule has 0 radical (unpaired) electrons. The zero-order valence-corrected chi connectivity index (χ0v) is 21.0. The lowest BCUT2D eigenvalue weighted by Gasteiger charge is -2.33. The van der Waals surface area contributed by atoms with Crippen LogP contribution in [0.5, 0.6) is 0 Å². The van der Waals surface area contributed by atoms with Crippen molar-refractivity contribution in [1.29, 1.82) is 0 Å². The van der Waals surface area contributed by atoms with Crippen LogP contribution in [0.1, 0.15) is 34.3 Å². The quantitative estimate of drug-likeness (QED) is 0.488. The monoisotopic (exact) mass is 492 g/mol. The lowest BCUT2D eigenvalue weighted by molar-refractivity contribution is 0.0507. The lowest BCUT2D eigenvalue weighted by Crippen LogP contribution is -2.45. The fraction of sp³-hybridized carbons (Fsp3) is 0.429. The van der Waals surface area contributed by atoms with Crippen molar-refractivity contribution >= 4 is 11.8 Å². The molecule has 5 rings (SSSR count). The van der Waals surface area contributed by atoms with Gasteiger partial charge in [0.2, 0.25) is 5.88 Å². The minimum absolute atomic E-state index is 0.000570. The first-order valence-electron chi connectivity index (χ1n) is 12.6. The number of nitrogens with zero attached hydrogens (tertiary/aromatic N) is 4. The average molecular weight is 493 g/mol. The topological polar surface area (TPSA) is 62.1 Å². The number of hydrogen-bond donors (Lipinski definition) is 0. The number of piperazine rings is 1. The molecule has 0 spiro atoms. The highest BCUT2D eigenvalue weighted by Gasteiger charge is 2.30. The number of amides is 1. The molecule has 2 fully saturated rings. The predicted octanol–water partition coefficient (Wildman–Crippen LogP) is 4.36. The smallest absolute Gasteiger partial charge is 0.254 e. The van der Waals surface area contributed by atoms with Gasteiger partial charge in [-0.2, -0.15) is 0 Å². The summed E-state index contributed by atoms with van der Waals surface area (Å²) in [6.45, 7) is 6.97. The van der Waals surface area contributed by atoms with Crippen LogP contribution in [0.3, 0.4) is 0 Å². The summed E-state index contributed by atoms with van der Waals surface area (Å²) >= 11 is 0. The number of ether oxygens (including phenoxy) is 1. The van der Waals surface area contributed by atoms with E-state index in [1.807, 2.05) is 36.1 Å². The number of halogens is 1. The molecule has 0 saturated carbocycles. The molecule has 2 aliphatic rings. The Hall–Kier alpha value is -3.23. The number of aryl methyl sites for hydroxylation is 1. The molecule has 1 aromatic heterocycles. The van der Waals surface area contributed by atoms with Gasteiger partial charge in [-0.1, -0.05) is 22.9 Å². The number of aromatic nitrogens is 1. The van der Waals surface area contributed by atoms with Crippen LogP contribution in [0.15, 0.2) is 53.1 Å². The van der Waals surface area contributed by atoms with E-state index >= 15 is 0 Å². The molecule has 0 N–H and O–H groups in total. The fourth-order valence-corrected chi connectivity index (χ4v) is 4.86. The maximum atomic E-state index is 13.7. The summed E-state index contributed by atoms with van der Waals surface area (Å²) in [5, 5.41) is 4.42. The maximum Gasteiger partial charge on any atom is 0.254 e. The molecule has 1 amide bonds. The van der Waals surface area contributed by atoms with Gasteiger partial charge < -0.3 is 24.0 Å². The van der Waals surface area contributed by atoms with E-state index in [1.165, 1.54) is 12.1 Å². The normalized spacial score (nSPS) is 18.5. The fourth-order valence-electron chi connectivity index (χ4n) is 4.86. The number of anilines is 1. The molecule has 2 aromatic carbocycles. The number of rotatable bonds is 7. The second-order valence-electron chi connectivity index (χ2n) is 9.80. The molecule has 1 atom stereocenters. The molecule has 2 saturated heterocycles. The van der Waals surface area contributed by atoms with Crippen LogP contribution in [0.25, 0.3) is 11.3 Å². The van der Waals surface area contributed by atoms with Crippen molar-refractivity contribution in [3.8, 4) is 11.3 Å². The van der Waals surface area contributed by atoms with E-state index < -0.39 is 0 Å². The Balaban J connectivity index is 1.51. The zero-order chi connectivity index (χ0) is 25.1. The Bertz CT molecular complexity index is 1160. The van der Waals surface area contributed by atoms with Gasteiger partial charge in [0.25, 0.3) is 5.91 Å². The maximum absolute atomic E-state index is 13.7. The van der Waals surface area contributed by atoms with Crippen LogP contribution < -0.4 is 4.90 Å². The highest BCUT2D eigenvalue weighted by Crippen LogP contribution is 2.34. The summed E-state index contributed by atoms with van der Waals surface area (Å²) in [7, 11) is 2.10. The summed E-state index contributed by atoms with van der Waals surface area (Å²) < 4.78 is 25.5. The first kappa shape index (κ1) is 24.5. The number of carbonyl (C=O) groups is 1. The Labute approximate surface area is 211 Å². The van der Waals surface area contributed by atoms with Crippen molar-refractivity contribution in [2.75, 3.05) is 51.3 Å². The van der Waals surface area contributed by atoms with E-state index in [2.05, 4.69) is 22.0 Å². The van der Waals surface area contributed by atoms with Gasteiger partial charge in [0, 0.05) is 50.5 Å². The van der Waals surface area contributed by atoms with Crippen molar-refractivity contribution in [3.63, 3.8) is 0 Å². The van der Waals surface area contributed by atoms with E-state index in [-0.39, 0.29) is 17.8 Å². The van der Waals surface area contributed by atoms with E-state index in [1.54, 1.807) is 12.1 Å². The third kappa shape index (κ3) is 5.44. The Morgan fingerprint density at radius 1 is 1.08 bits per heavy atom. The summed E-state index contributed by atoms with van der Waals surface area (Å²) in [4.78, 5) is 20.1. The standard InChI is InChI=1S/C28H33FN4O3/c1-20-5-7-22(8-6-20)27(34)33(18-24-4-3-17-35-24)19-25-26(21-9-11-23(29)12-10-21)30-36-28(25)32-15-13-31(2)14-16-32/h5-12,24H,3-4,13-19H2,1-2H3/t24-/m1/s1. The van der Waals surface area contributed by atoms with Gasteiger partial charge in [-0.05, 0) is 63.2 Å². The molecule has 3 aromatic rings. The molecule has 7 nitrogen and oxygen atoms in total. The van der Waals surface area contributed by atoms with Crippen molar-refractivity contribution in [1.82, 2.24) is 15.0 Å². The summed E-state index contributed by atoms with van der Waals surface area (Å²) in [5.41, 5.74) is 3.98. The van der Waals surface area contributed by atoms with Gasteiger partial charge in [-0.25, -0.2) is 4.39 Å². The minimum Gasteiger partial charge on any atom is -0.376 e. The van der Waals surface area contributed by atoms with Crippen LogP contribution >= 0.6 is 0 Å². The second kappa shape index (κ2) is 10.8. The largest absolute Gasteiger partial charge is 0.376 e. The SMILES string of the molecule is Cc1ccc(C(=O)N(Cc2c(-c3ccc(F)cc3)noc2N2CCN(C)CC2)C[C@H]2CCCO2)cc1. The van der Waals surface area contributed by atoms with Gasteiger partial charge in [0.15, 0.2) is 0 Å². The second-order valence-corrected chi connectivity index (χ2v) is 9.80. The molecule has 0 unspecified atom stereocenters. The van der Waals surface area contributed by atoms with Gasteiger partial charge in [-0.3, -0.25) is 4.79 Å². The highest BCUT2D eigenvalue weighted by atomic mass is 19.1. The predicted molar refractivity (Wildman–Crippen MR) is 137 cm³/mol. The molecule has 2 aliphatic heterocycles. The van der Waals surface area contributed by atoms with Crippen LogP contribution in [0, 0.1) is 12.7 Å². The Kier molecular flexibility index (Phi) is 7.34. The first-order chi connectivity index (χ1) is 17.5. The van der Waals surface area contributed by atoms with E-state index in [0.717, 1.165) is 62.3 Å². The van der Waals surface area contributed by atoms with Gasteiger partial charge in [-0.15, -0.1) is 0 Å². The summed E-state index contributed by atoms with van der Waals surface area (Å²) in [6, 6.07) is 13.9.